The lowest BCUT2D eigenvalue weighted by Gasteiger charge is -2.33. The summed E-state index contributed by atoms with van der Waals surface area (Å²) in [5.74, 6) is 0.456. The average Bonchev–Trinajstić information content (AvgIpc) is 2.70. The molecule has 1 nitrogen and oxygen atoms in total. The van der Waals surface area contributed by atoms with Gasteiger partial charge in [0.15, 0.2) is 0 Å². The molecule has 2 heteroatoms. The molecule has 0 aromatic carbocycles. The summed E-state index contributed by atoms with van der Waals surface area (Å²) >= 11 is 5.79. The molecule has 0 N–H and O–H groups in total. The van der Waals surface area contributed by atoms with Crippen LogP contribution >= 0.6 is 11.6 Å². The highest BCUT2D eigenvalue weighted by molar-refractivity contribution is 6.25. The zero-order valence-corrected chi connectivity index (χ0v) is 10.7. The standard InChI is InChI=1S/C15H17ClO/c16-10-11-1-2-12-8-15(9-13(12)7-11)5-3-14(17)4-6-15/h1-2,10H,3-9H2. The van der Waals surface area contributed by atoms with Gasteiger partial charge >= 0.3 is 0 Å². The number of halogens is 1. The van der Waals surface area contributed by atoms with Crippen molar-refractivity contribution in [3.63, 3.8) is 0 Å². The van der Waals surface area contributed by atoms with Gasteiger partial charge in [0.2, 0.25) is 0 Å². The van der Waals surface area contributed by atoms with Gasteiger partial charge in [0.1, 0.15) is 5.78 Å². The zero-order valence-electron chi connectivity index (χ0n) is 9.97. The van der Waals surface area contributed by atoms with Crippen LogP contribution in [0.15, 0.2) is 34.4 Å². The first-order chi connectivity index (χ1) is 8.21. The first-order valence-corrected chi connectivity index (χ1v) is 6.84. The SMILES string of the molecule is O=C1CCC2(CC1)CC1=C(CC(=CCl)C=C1)C2. The monoisotopic (exact) mass is 248 g/mol. The van der Waals surface area contributed by atoms with E-state index in [-0.39, 0.29) is 0 Å². The van der Waals surface area contributed by atoms with E-state index in [1.165, 1.54) is 24.0 Å². The van der Waals surface area contributed by atoms with Crippen LogP contribution in [0, 0.1) is 5.41 Å². The van der Waals surface area contributed by atoms with Crippen molar-refractivity contribution in [1.82, 2.24) is 0 Å². The Kier molecular flexibility index (Phi) is 2.74. The van der Waals surface area contributed by atoms with Crippen LogP contribution in [0.5, 0.6) is 0 Å². The van der Waals surface area contributed by atoms with Crippen LogP contribution in [-0.4, -0.2) is 5.78 Å². The Bertz CT molecular complexity index is 444. The van der Waals surface area contributed by atoms with Crippen LogP contribution in [0.2, 0.25) is 0 Å². The van der Waals surface area contributed by atoms with E-state index >= 15 is 0 Å². The Balaban J connectivity index is 1.77. The summed E-state index contributed by atoms with van der Waals surface area (Å²) in [4.78, 5) is 11.4. The second-order valence-electron chi connectivity index (χ2n) is 5.72. The molecule has 3 aliphatic carbocycles. The lowest BCUT2D eigenvalue weighted by atomic mass is 9.71. The van der Waals surface area contributed by atoms with E-state index in [9.17, 15) is 4.79 Å². The second kappa shape index (κ2) is 4.13. The van der Waals surface area contributed by atoms with E-state index < -0.39 is 0 Å². The summed E-state index contributed by atoms with van der Waals surface area (Å²) in [6, 6.07) is 0. The van der Waals surface area contributed by atoms with Gasteiger partial charge in [0.25, 0.3) is 0 Å². The molecule has 1 spiro atoms. The molecule has 90 valence electrons. The molecule has 1 saturated carbocycles. The molecule has 0 unspecified atom stereocenters. The van der Waals surface area contributed by atoms with Gasteiger partial charge in [0, 0.05) is 18.4 Å². The van der Waals surface area contributed by atoms with Crippen molar-refractivity contribution in [3.05, 3.63) is 34.4 Å². The molecule has 0 aliphatic heterocycles. The third-order valence-corrected chi connectivity index (χ3v) is 4.81. The van der Waals surface area contributed by atoms with Gasteiger partial charge in [-0.15, -0.1) is 0 Å². The van der Waals surface area contributed by atoms with Crippen molar-refractivity contribution in [3.8, 4) is 0 Å². The number of hydrogen-bond donors (Lipinski definition) is 0. The molecule has 0 amide bonds. The highest BCUT2D eigenvalue weighted by Crippen LogP contribution is 2.53. The maximum atomic E-state index is 11.4. The zero-order chi connectivity index (χ0) is 11.9. The predicted octanol–water partition coefficient (Wildman–Crippen LogP) is 4.29. The summed E-state index contributed by atoms with van der Waals surface area (Å²) in [6.45, 7) is 0. The maximum absolute atomic E-state index is 11.4. The summed E-state index contributed by atoms with van der Waals surface area (Å²) in [7, 11) is 0. The number of carbonyl (C=O) groups excluding carboxylic acids is 1. The van der Waals surface area contributed by atoms with E-state index in [1.807, 2.05) is 0 Å². The minimum Gasteiger partial charge on any atom is -0.300 e. The average molecular weight is 249 g/mol. The van der Waals surface area contributed by atoms with Crippen LogP contribution in [0.25, 0.3) is 0 Å². The van der Waals surface area contributed by atoms with Crippen LogP contribution in [0.4, 0.5) is 0 Å². The van der Waals surface area contributed by atoms with Gasteiger partial charge in [-0.25, -0.2) is 0 Å². The normalized spacial score (nSPS) is 29.2. The van der Waals surface area contributed by atoms with E-state index in [0.29, 0.717) is 11.2 Å². The third-order valence-electron chi connectivity index (χ3n) is 4.53. The predicted molar refractivity (Wildman–Crippen MR) is 69.9 cm³/mol. The van der Waals surface area contributed by atoms with Gasteiger partial charge in [-0.3, -0.25) is 4.79 Å². The van der Waals surface area contributed by atoms with Gasteiger partial charge in [-0.2, -0.15) is 0 Å². The maximum Gasteiger partial charge on any atom is 0.132 e. The van der Waals surface area contributed by atoms with Gasteiger partial charge < -0.3 is 0 Å². The first kappa shape index (κ1) is 11.3. The van der Waals surface area contributed by atoms with Crippen molar-refractivity contribution in [2.24, 2.45) is 5.41 Å². The van der Waals surface area contributed by atoms with Crippen molar-refractivity contribution < 1.29 is 4.79 Å². The number of rotatable bonds is 0. The van der Waals surface area contributed by atoms with Gasteiger partial charge in [0.05, 0.1) is 0 Å². The molecule has 0 radical (unpaired) electrons. The second-order valence-corrected chi connectivity index (χ2v) is 5.93. The Labute approximate surface area is 107 Å². The van der Waals surface area contributed by atoms with Crippen molar-refractivity contribution >= 4 is 17.4 Å². The fraction of sp³-hybridized carbons (Fsp3) is 0.533. The summed E-state index contributed by atoms with van der Waals surface area (Å²) in [6.07, 6.45) is 11.5. The number of allylic oxidation sites excluding steroid dienone is 5. The Morgan fingerprint density at radius 3 is 2.65 bits per heavy atom. The summed E-state index contributed by atoms with van der Waals surface area (Å²) < 4.78 is 0. The fourth-order valence-corrected chi connectivity index (χ4v) is 3.66. The quantitative estimate of drug-likeness (QED) is 0.625. The number of carbonyl (C=O) groups is 1. The Morgan fingerprint density at radius 2 is 1.94 bits per heavy atom. The van der Waals surface area contributed by atoms with Gasteiger partial charge in [-0.1, -0.05) is 29.3 Å². The molecule has 0 aromatic heterocycles. The molecule has 0 atom stereocenters. The summed E-state index contributed by atoms with van der Waals surface area (Å²) in [5.41, 5.74) is 6.39. The van der Waals surface area contributed by atoms with Crippen LogP contribution < -0.4 is 0 Å². The van der Waals surface area contributed by atoms with Gasteiger partial charge in [-0.05, 0) is 48.7 Å². The molecule has 0 saturated heterocycles. The highest BCUT2D eigenvalue weighted by atomic mass is 35.5. The third kappa shape index (κ3) is 2.01. The smallest absolute Gasteiger partial charge is 0.132 e. The molecule has 3 aliphatic rings. The number of Topliss-reactive ketones (excluding diaryl/α,β-unsaturated/α-hetero) is 1. The lowest BCUT2D eigenvalue weighted by Crippen LogP contribution is -2.25. The Hall–Kier alpha value is -0.820. The summed E-state index contributed by atoms with van der Waals surface area (Å²) in [5, 5.41) is 0. The van der Waals surface area contributed by atoms with Crippen LogP contribution in [-0.2, 0) is 4.79 Å². The molecular weight excluding hydrogens is 232 g/mol. The van der Waals surface area contributed by atoms with E-state index in [4.69, 9.17) is 11.6 Å². The van der Waals surface area contributed by atoms with Crippen molar-refractivity contribution in [1.29, 1.82) is 0 Å². The molecule has 0 aromatic rings. The number of ketones is 1. The number of hydrogen-bond acceptors (Lipinski definition) is 1. The topological polar surface area (TPSA) is 17.1 Å². The minimum atomic E-state index is 0.407. The largest absolute Gasteiger partial charge is 0.300 e. The van der Waals surface area contributed by atoms with Crippen molar-refractivity contribution in [2.45, 2.75) is 44.9 Å². The molecule has 1 fully saturated rings. The molecule has 3 rings (SSSR count). The molecule has 0 bridgehead atoms. The first-order valence-electron chi connectivity index (χ1n) is 6.41. The van der Waals surface area contributed by atoms with Crippen LogP contribution in [0.3, 0.4) is 0 Å². The van der Waals surface area contributed by atoms with Crippen LogP contribution in [0.1, 0.15) is 44.9 Å². The van der Waals surface area contributed by atoms with E-state index in [0.717, 1.165) is 32.1 Å². The lowest BCUT2D eigenvalue weighted by molar-refractivity contribution is -0.122. The van der Waals surface area contributed by atoms with Crippen molar-refractivity contribution in [2.75, 3.05) is 0 Å². The van der Waals surface area contributed by atoms with E-state index in [2.05, 4.69) is 12.2 Å². The molecule has 0 heterocycles. The minimum absolute atomic E-state index is 0.407. The van der Waals surface area contributed by atoms with E-state index in [1.54, 1.807) is 11.1 Å². The molecular formula is C15H17ClO. The highest BCUT2D eigenvalue weighted by Gasteiger charge is 2.40. The molecule has 17 heavy (non-hydrogen) atoms. The Morgan fingerprint density at radius 1 is 1.18 bits per heavy atom. The fourth-order valence-electron chi connectivity index (χ4n) is 3.51.